The number of esters is 1. The molecule has 0 aliphatic heterocycles. The minimum Gasteiger partial charge on any atom is -0.468 e. The minimum atomic E-state index is -3.75. The zero-order valence-corrected chi connectivity index (χ0v) is 13.1. The highest BCUT2D eigenvalue weighted by Gasteiger charge is 2.26. The third-order valence-corrected chi connectivity index (χ3v) is 4.57. The van der Waals surface area contributed by atoms with Crippen molar-refractivity contribution in [1.29, 1.82) is 0 Å². The van der Waals surface area contributed by atoms with Crippen molar-refractivity contribution >= 4 is 31.9 Å². The van der Waals surface area contributed by atoms with E-state index in [9.17, 15) is 13.2 Å². The second kappa shape index (κ2) is 6.97. The van der Waals surface area contributed by atoms with E-state index in [0.717, 1.165) is 4.31 Å². The molecule has 1 rings (SSSR count). The van der Waals surface area contributed by atoms with Crippen LogP contribution in [0.5, 0.6) is 0 Å². The van der Waals surface area contributed by atoms with Gasteiger partial charge in [0.1, 0.15) is 11.4 Å². The van der Waals surface area contributed by atoms with Gasteiger partial charge in [-0.15, -0.1) is 0 Å². The Kier molecular flexibility index (Phi) is 5.89. The van der Waals surface area contributed by atoms with Crippen molar-refractivity contribution in [3.63, 3.8) is 0 Å². The van der Waals surface area contributed by atoms with Crippen molar-refractivity contribution in [2.45, 2.75) is 18.2 Å². The number of nitrogens with zero attached hydrogens (tertiary/aromatic N) is 2. The lowest BCUT2D eigenvalue weighted by molar-refractivity contribution is -0.140. The molecule has 0 aromatic carbocycles. The molecule has 1 heterocycles. The van der Waals surface area contributed by atoms with Crippen LogP contribution in [-0.4, -0.2) is 43.9 Å². The van der Waals surface area contributed by atoms with E-state index in [4.69, 9.17) is 0 Å². The number of halogens is 1. The number of carbonyl (C=O) groups is 1. The predicted molar refractivity (Wildman–Crippen MR) is 73.0 cm³/mol. The van der Waals surface area contributed by atoms with E-state index < -0.39 is 16.0 Å². The summed E-state index contributed by atoms with van der Waals surface area (Å²) in [7, 11) is -2.53. The zero-order chi connectivity index (χ0) is 14.5. The molecule has 0 bridgehead atoms. The molecule has 106 valence electrons. The summed E-state index contributed by atoms with van der Waals surface area (Å²) >= 11 is 3.17. The first kappa shape index (κ1) is 16.1. The first-order chi connectivity index (χ1) is 8.91. The summed E-state index contributed by atoms with van der Waals surface area (Å²) in [5.74, 6) is -0.597. The number of aromatic nitrogens is 1. The molecule has 0 spiro atoms. The molecule has 0 amide bonds. The summed E-state index contributed by atoms with van der Waals surface area (Å²) in [5.41, 5.74) is 0. The van der Waals surface area contributed by atoms with Crippen molar-refractivity contribution in [1.82, 2.24) is 9.29 Å². The van der Waals surface area contributed by atoms with Crippen molar-refractivity contribution in [3.8, 4) is 0 Å². The smallest absolute Gasteiger partial charge is 0.321 e. The zero-order valence-electron chi connectivity index (χ0n) is 10.7. The molecule has 0 fully saturated rings. The third-order valence-electron chi connectivity index (χ3n) is 2.32. The molecular formula is C11H15BrN2O4S. The van der Waals surface area contributed by atoms with Crippen LogP contribution >= 0.6 is 15.9 Å². The molecule has 1 aromatic heterocycles. The van der Waals surface area contributed by atoms with E-state index >= 15 is 0 Å². The standard InChI is InChI=1S/C11H15BrN2O4S/c1-3-4-14(8-11(15)18-2)19(16,17)10-5-9(12)6-13-7-10/h5-7H,3-4,8H2,1-2H3. The lowest BCUT2D eigenvalue weighted by Gasteiger charge is -2.20. The van der Waals surface area contributed by atoms with Gasteiger partial charge >= 0.3 is 5.97 Å². The Hall–Kier alpha value is -0.990. The molecule has 19 heavy (non-hydrogen) atoms. The molecule has 6 nitrogen and oxygen atoms in total. The molecular weight excluding hydrogens is 336 g/mol. The van der Waals surface area contributed by atoms with Crippen molar-refractivity contribution in [2.24, 2.45) is 0 Å². The Morgan fingerprint density at radius 2 is 2.16 bits per heavy atom. The quantitative estimate of drug-likeness (QED) is 0.725. The molecule has 8 heteroatoms. The van der Waals surface area contributed by atoms with Crippen LogP contribution in [0.3, 0.4) is 0 Å². The predicted octanol–water partition coefficient (Wildman–Crippen LogP) is 1.42. The van der Waals surface area contributed by atoms with E-state index in [1.165, 1.54) is 25.6 Å². The average molecular weight is 351 g/mol. The van der Waals surface area contributed by atoms with Gasteiger partial charge in [0.15, 0.2) is 0 Å². The van der Waals surface area contributed by atoms with Crippen molar-refractivity contribution in [3.05, 3.63) is 22.9 Å². The fourth-order valence-electron chi connectivity index (χ4n) is 1.42. The first-order valence-electron chi connectivity index (χ1n) is 5.59. The lowest BCUT2D eigenvalue weighted by atomic mass is 10.5. The first-order valence-corrected chi connectivity index (χ1v) is 7.82. The number of hydrogen-bond acceptors (Lipinski definition) is 5. The Morgan fingerprint density at radius 3 is 2.68 bits per heavy atom. The monoisotopic (exact) mass is 350 g/mol. The Labute approximate surface area is 121 Å². The van der Waals surface area contributed by atoms with E-state index in [2.05, 4.69) is 25.7 Å². The van der Waals surface area contributed by atoms with Gasteiger partial charge in [-0.3, -0.25) is 9.78 Å². The molecule has 0 aliphatic rings. The summed E-state index contributed by atoms with van der Waals surface area (Å²) in [6.45, 7) is 1.77. The van der Waals surface area contributed by atoms with Crippen molar-refractivity contribution in [2.75, 3.05) is 20.2 Å². The van der Waals surface area contributed by atoms with Crippen LogP contribution in [-0.2, 0) is 19.6 Å². The van der Waals surface area contributed by atoms with Gasteiger partial charge in [0.25, 0.3) is 0 Å². The van der Waals surface area contributed by atoms with Gasteiger partial charge in [-0.1, -0.05) is 6.92 Å². The number of hydrogen-bond donors (Lipinski definition) is 0. The molecule has 0 N–H and O–H groups in total. The van der Waals surface area contributed by atoms with Gasteiger partial charge in [-0.05, 0) is 28.4 Å². The van der Waals surface area contributed by atoms with Gasteiger partial charge < -0.3 is 4.74 Å². The second-order valence-electron chi connectivity index (χ2n) is 3.75. The fourth-order valence-corrected chi connectivity index (χ4v) is 3.41. The maximum atomic E-state index is 12.4. The van der Waals surface area contributed by atoms with Crippen LogP contribution < -0.4 is 0 Å². The number of ether oxygens (including phenoxy) is 1. The topological polar surface area (TPSA) is 76.6 Å². The highest BCUT2D eigenvalue weighted by molar-refractivity contribution is 9.10. The number of carbonyl (C=O) groups excluding carboxylic acids is 1. The minimum absolute atomic E-state index is 0.0410. The van der Waals surface area contributed by atoms with Crippen LogP contribution in [0.1, 0.15) is 13.3 Å². The Balaban J connectivity index is 3.09. The Bertz CT molecular complexity index is 547. The van der Waals surface area contributed by atoms with Crippen molar-refractivity contribution < 1.29 is 17.9 Å². The van der Waals surface area contributed by atoms with E-state index in [0.29, 0.717) is 10.9 Å². The molecule has 0 saturated carbocycles. The summed E-state index contributed by atoms with van der Waals surface area (Å²) in [6.07, 6.45) is 3.33. The van der Waals surface area contributed by atoms with Gasteiger partial charge in [-0.2, -0.15) is 4.31 Å². The fraction of sp³-hybridized carbons (Fsp3) is 0.455. The molecule has 0 unspecified atom stereocenters. The van der Waals surface area contributed by atoms with Crippen LogP contribution in [0, 0.1) is 0 Å². The highest BCUT2D eigenvalue weighted by Crippen LogP contribution is 2.18. The van der Waals surface area contributed by atoms with Crippen LogP contribution in [0.4, 0.5) is 0 Å². The Morgan fingerprint density at radius 1 is 1.47 bits per heavy atom. The third kappa shape index (κ3) is 4.26. The number of sulfonamides is 1. The second-order valence-corrected chi connectivity index (χ2v) is 6.61. The summed E-state index contributed by atoms with van der Waals surface area (Å²) in [4.78, 5) is 15.2. The number of rotatable bonds is 6. The molecule has 0 saturated heterocycles. The van der Waals surface area contributed by atoms with Gasteiger partial charge in [0.05, 0.1) is 7.11 Å². The average Bonchev–Trinajstić information content (AvgIpc) is 2.38. The van der Waals surface area contributed by atoms with Gasteiger partial charge in [0.2, 0.25) is 10.0 Å². The van der Waals surface area contributed by atoms with Gasteiger partial charge in [0, 0.05) is 23.4 Å². The highest BCUT2D eigenvalue weighted by atomic mass is 79.9. The summed E-state index contributed by atoms with van der Waals surface area (Å²) in [5, 5.41) is 0. The lowest BCUT2D eigenvalue weighted by Crippen LogP contribution is -2.36. The van der Waals surface area contributed by atoms with Gasteiger partial charge in [-0.25, -0.2) is 8.42 Å². The van der Waals surface area contributed by atoms with Crippen LogP contribution in [0.15, 0.2) is 27.8 Å². The number of pyridine rings is 1. The number of methoxy groups -OCH3 is 1. The molecule has 0 radical (unpaired) electrons. The maximum absolute atomic E-state index is 12.4. The van der Waals surface area contributed by atoms with E-state index in [-0.39, 0.29) is 18.0 Å². The SMILES string of the molecule is CCCN(CC(=O)OC)S(=O)(=O)c1cncc(Br)c1. The van der Waals surface area contributed by atoms with Crippen LogP contribution in [0.25, 0.3) is 0 Å². The van der Waals surface area contributed by atoms with E-state index in [1.54, 1.807) is 0 Å². The molecule has 1 aromatic rings. The maximum Gasteiger partial charge on any atom is 0.321 e. The van der Waals surface area contributed by atoms with Crippen LogP contribution in [0.2, 0.25) is 0 Å². The van der Waals surface area contributed by atoms with E-state index in [1.807, 2.05) is 6.92 Å². The molecule has 0 atom stereocenters. The largest absolute Gasteiger partial charge is 0.468 e. The summed E-state index contributed by atoms with van der Waals surface area (Å²) in [6, 6.07) is 1.45. The summed E-state index contributed by atoms with van der Waals surface area (Å²) < 4.78 is 30.9. The normalized spacial score (nSPS) is 11.6. The molecule has 0 aliphatic carbocycles.